The van der Waals surface area contributed by atoms with E-state index < -0.39 is 5.69 Å². The number of thiol groups is 1. The third-order valence-electron chi connectivity index (χ3n) is 0.688. The summed E-state index contributed by atoms with van der Waals surface area (Å²) in [7, 11) is 0. The summed E-state index contributed by atoms with van der Waals surface area (Å²) < 4.78 is 10.6. The molecule has 0 aromatic heterocycles. The fourth-order valence-corrected chi connectivity index (χ4v) is 3.84. The van der Waals surface area contributed by atoms with Crippen LogP contribution in [0.2, 0.25) is 0 Å². The van der Waals surface area contributed by atoms with E-state index in [-0.39, 0.29) is 29.3 Å². The Bertz CT molecular complexity index is 150. The fourth-order valence-electron chi connectivity index (χ4n) is 0.558. The van der Waals surface area contributed by atoms with Crippen LogP contribution in [0.4, 0.5) is 0 Å². The maximum atomic E-state index is 5.32. The molecular weight excluding hydrogens is 263 g/mol. The van der Waals surface area contributed by atoms with E-state index in [0.717, 1.165) is 0 Å². The van der Waals surface area contributed by atoms with Crippen molar-refractivity contribution in [2.45, 2.75) is 39.9 Å². The van der Waals surface area contributed by atoms with Gasteiger partial charge in [0.1, 0.15) is 0 Å². The molecule has 2 nitrogen and oxygen atoms in total. The second-order valence-corrected chi connectivity index (χ2v) is 7.97. The van der Waals surface area contributed by atoms with Crippen LogP contribution in [0.25, 0.3) is 0 Å². The molecule has 0 spiro atoms. The molecule has 12 heavy (non-hydrogen) atoms. The first kappa shape index (κ1) is 15.9. The van der Waals surface area contributed by atoms with E-state index >= 15 is 0 Å². The SMILES string of the molecule is CC(C)OP(=S)(S)OC(C)C.[Cu+2]. The van der Waals surface area contributed by atoms with Crippen molar-refractivity contribution in [2.75, 3.05) is 0 Å². The van der Waals surface area contributed by atoms with Gasteiger partial charge >= 0.3 is 17.1 Å². The minimum Gasteiger partial charge on any atom is -0.319 e. The number of rotatable bonds is 4. The smallest absolute Gasteiger partial charge is 0.319 e. The van der Waals surface area contributed by atoms with Crippen LogP contribution in [-0.2, 0) is 37.9 Å². The Kier molecular flexibility index (Phi) is 9.04. The summed E-state index contributed by atoms with van der Waals surface area (Å²) in [5, 5.41) is 0. The minimum absolute atomic E-state index is 0. The van der Waals surface area contributed by atoms with Gasteiger partial charge in [-0.25, -0.2) is 0 Å². The van der Waals surface area contributed by atoms with Crippen LogP contribution in [0.5, 0.6) is 0 Å². The fraction of sp³-hybridized carbons (Fsp3) is 1.00. The van der Waals surface area contributed by atoms with Gasteiger partial charge in [0.05, 0.1) is 12.2 Å². The van der Waals surface area contributed by atoms with E-state index in [4.69, 9.17) is 20.9 Å². The molecule has 0 unspecified atom stereocenters. The van der Waals surface area contributed by atoms with Gasteiger partial charge in [-0.2, -0.15) is 0 Å². The Morgan fingerprint density at radius 1 is 1.08 bits per heavy atom. The third-order valence-corrected chi connectivity index (χ3v) is 3.15. The normalized spacial score (nSPS) is 11.9. The van der Waals surface area contributed by atoms with Crippen molar-refractivity contribution in [3.05, 3.63) is 0 Å². The average molecular weight is 278 g/mol. The molecule has 0 aromatic rings. The summed E-state index contributed by atoms with van der Waals surface area (Å²) in [6, 6.07) is 0. The topological polar surface area (TPSA) is 18.5 Å². The van der Waals surface area contributed by atoms with Crippen LogP contribution >= 0.6 is 17.9 Å². The predicted molar refractivity (Wildman–Crippen MR) is 55.7 cm³/mol. The second-order valence-electron chi connectivity index (χ2n) is 2.78. The molecule has 0 heterocycles. The molecule has 0 aromatic carbocycles. The maximum absolute atomic E-state index is 5.32. The average Bonchev–Trinajstić information content (AvgIpc) is 1.53. The molecule has 0 amide bonds. The summed E-state index contributed by atoms with van der Waals surface area (Å²) in [6.45, 7) is 7.67. The summed E-state index contributed by atoms with van der Waals surface area (Å²) in [5.41, 5.74) is -2.28. The van der Waals surface area contributed by atoms with Gasteiger partial charge in [-0.1, -0.05) is 12.2 Å². The van der Waals surface area contributed by atoms with Gasteiger partial charge < -0.3 is 9.05 Å². The van der Waals surface area contributed by atoms with Crippen molar-refractivity contribution in [3.8, 4) is 0 Å². The van der Waals surface area contributed by atoms with Crippen LogP contribution in [0, 0.1) is 0 Å². The van der Waals surface area contributed by atoms with Crippen molar-refractivity contribution in [3.63, 3.8) is 0 Å². The Labute approximate surface area is 95.6 Å². The van der Waals surface area contributed by atoms with Crippen molar-refractivity contribution >= 4 is 29.7 Å². The van der Waals surface area contributed by atoms with Crippen molar-refractivity contribution in [1.29, 1.82) is 0 Å². The van der Waals surface area contributed by atoms with E-state index in [2.05, 4.69) is 12.2 Å². The summed E-state index contributed by atoms with van der Waals surface area (Å²) in [6.07, 6.45) is 0.161. The predicted octanol–water partition coefficient (Wildman–Crippen LogP) is 2.99. The van der Waals surface area contributed by atoms with Crippen LogP contribution in [0.15, 0.2) is 0 Å². The molecular formula is C6H15CuO2PS2+2. The van der Waals surface area contributed by atoms with E-state index in [1.54, 1.807) is 0 Å². The molecule has 0 aliphatic carbocycles. The first-order chi connectivity index (χ1) is 4.83. The van der Waals surface area contributed by atoms with Crippen molar-refractivity contribution < 1.29 is 26.1 Å². The quantitative estimate of drug-likeness (QED) is 0.484. The van der Waals surface area contributed by atoms with E-state index in [9.17, 15) is 0 Å². The minimum atomic E-state index is -2.28. The van der Waals surface area contributed by atoms with Gasteiger partial charge in [0.25, 0.3) is 0 Å². The second kappa shape index (κ2) is 6.83. The summed E-state index contributed by atoms with van der Waals surface area (Å²) >= 11 is 9.17. The molecule has 0 saturated carbocycles. The molecule has 77 valence electrons. The maximum Gasteiger partial charge on any atom is 2.00 e. The summed E-state index contributed by atoms with van der Waals surface area (Å²) in [5.74, 6) is 0. The molecule has 0 atom stereocenters. The van der Waals surface area contributed by atoms with Gasteiger partial charge in [-0.3, -0.25) is 0 Å². The molecule has 0 rings (SSSR count). The number of hydrogen-bond donors (Lipinski definition) is 1. The molecule has 0 saturated heterocycles. The Morgan fingerprint density at radius 2 is 1.33 bits per heavy atom. The Balaban J connectivity index is 0. The van der Waals surface area contributed by atoms with Gasteiger partial charge in [-0.15, -0.1) is 0 Å². The zero-order valence-electron chi connectivity index (χ0n) is 7.58. The van der Waals surface area contributed by atoms with Crippen LogP contribution in [0.3, 0.4) is 0 Å². The molecule has 0 aliphatic heterocycles. The molecule has 6 heteroatoms. The largest absolute Gasteiger partial charge is 2.00 e. The van der Waals surface area contributed by atoms with E-state index in [1.165, 1.54) is 0 Å². The van der Waals surface area contributed by atoms with Crippen molar-refractivity contribution in [1.82, 2.24) is 0 Å². The van der Waals surface area contributed by atoms with Crippen LogP contribution in [0.1, 0.15) is 27.7 Å². The first-order valence-corrected chi connectivity index (χ1v) is 7.32. The van der Waals surface area contributed by atoms with Crippen LogP contribution in [-0.4, -0.2) is 12.2 Å². The molecule has 0 aliphatic rings. The van der Waals surface area contributed by atoms with Gasteiger partial charge in [0.2, 0.25) is 5.69 Å². The third kappa shape index (κ3) is 9.53. The summed E-state index contributed by atoms with van der Waals surface area (Å²) in [4.78, 5) is 0. The Morgan fingerprint density at radius 3 is 1.50 bits per heavy atom. The number of hydrogen-bond acceptors (Lipinski definition) is 3. The Hall–Kier alpha value is 1.44. The first-order valence-electron chi connectivity index (χ1n) is 3.53. The molecule has 0 N–H and O–H groups in total. The zero-order chi connectivity index (χ0) is 9.07. The molecule has 0 bridgehead atoms. The zero-order valence-corrected chi connectivity index (χ0v) is 11.1. The standard InChI is InChI=1S/C6H15O2PS2.Cu/c1-5(2)7-9(10,11)8-6(3)4;/h5-6H,1-4H3,(H,10,11);/q;+2. The van der Waals surface area contributed by atoms with Gasteiger partial charge in [0.15, 0.2) is 0 Å². The molecule has 1 radical (unpaired) electrons. The van der Waals surface area contributed by atoms with Crippen LogP contribution < -0.4 is 0 Å². The van der Waals surface area contributed by atoms with Gasteiger partial charge in [-0.05, 0) is 39.5 Å². The van der Waals surface area contributed by atoms with Crippen molar-refractivity contribution in [2.24, 2.45) is 0 Å². The van der Waals surface area contributed by atoms with Gasteiger partial charge in [0, 0.05) is 0 Å². The van der Waals surface area contributed by atoms with E-state index in [1.807, 2.05) is 27.7 Å². The monoisotopic (exact) mass is 277 g/mol. The molecule has 0 fully saturated rings. The van der Waals surface area contributed by atoms with E-state index in [0.29, 0.717) is 0 Å².